The Balaban J connectivity index is 1.60. The number of carbonyl (C=O) groups is 2. The SMILES string of the molecule is O=C1C=CC(=O)N1CCCOC1CCNCC1. The van der Waals surface area contributed by atoms with Crippen molar-refractivity contribution in [1.29, 1.82) is 0 Å². The van der Waals surface area contributed by atoms with Gasteiger partial charge in [-0.15, -0.1) is 0 Å². The molecule has 17 heavy (non-hydrogen) atoms. The van der Waals surface area contributed by atoms with Crippen LogP contribution in [0, 0.1) is 0 Å². The highest BCUT2D eigenvalue weighted by Gasteiger charge is 2.22. The summed E-state index contributed by atoms with van der Waals surface area (Å²) < 4.78 is 5.70. The maximum atomic E-state index is 11.2. The fourth-order valence-electron chi connectivity index (χ4n) is 2.09. The number of imide groups is 1. The number of nitrogens with one attached hydrogen (secondary N) is 1. The van der Waals surface area contributed by atoms with Gasteiger partial charge in [0.15, 0.2) is 0 Å². The second-order valence-electron chi connectivity index (χ2n) is 4.34. The lowest BCUT2D eigenvalue weighted by molar-refractivity contribution is -0.137. The fraction of sp³-hybridized carbons (Fsp3) is 0.667. The first-order chi connectivity index (χ1) is 8.27. The number of amides is 2. The van der Waals surface area contributed by atoms with Gasteiger partial charge in [0.2, 0.25) is 0 Å². The molecule has 2 rings (SSSR count). The third-order valence-electron chi connectivity index (χ3n) is 3.07. The zero-order valence-electron chi connectivity index (χ0n) is 9.85. The quantitative estimate of drug-likeness (QED) is 0.544. The van der Waals surface area contributed by atoms with Crippen molar-refractivity contribution in [3.8, 4) is 0 Å². The number of hydrogen-bond donors (Lipinski definition) is 1. The van der Waals surface area contributed by atoms with E-state index < -0.39 is 0 Å². The average Bonchev–Trinajstić information content (AvgIpc) is 2.67. The van der Waals surface area contributed by atoms with Crippen LogP contribution in [0.2, 0.25) is 0 Å². The zero-order valence-corrected chi connectivity index (χ0v) is 9.85. The lowest BCUT2D eigenvalue weighted by Crippen LogP contribution is -2.34. The minimum absolute atomic E-state index is 0.211. The maximum absolute atomic E-state index is 11.2. The first-order valence-electron chi connectivity index (χ1n) is 6.13. The summed E-state index contributed by atoms with van der Waals surface area (Å²) >= 11 is 0. The summed E-state index contributed by atoms with van der Waals surface area (Å²) in [7, 11) is 0. The smallest absolute Gasteiger partial charge is 0.253 e. The summed E-state index contributed by atoms with van der Waals surface area (Å²) in [6, 6.07) is 0. The van der Waals surface area contributed by atoms with Crippen molar-refractivity contribution < 1.29 is 14.3 Å². The molecule has 0 atom stereocenters. The van der Waals surface area contributed by atoms with Gasteiger partial charge in [0, 0.05) is 25.3 Å². The second-order valence-corrected chi connectivity index (χ2v) is 4.34. The molecular weight excluding hydrogens is 220 g/mol. The van der Waals surface area contributed by atoms with E-state index in [1.54, 1.807) is 0 Å². The molecule has 0 bridgehead atoms. The molecule has 0 aromatic rings. The van der Waals surface area contributed by atoms with Gasteiger partial charge in [-0.1, -0.05) is 0 Å². The first-order valence-corrected chi connectivity index (χ1v) is 6.13. The summed E-state index contributed by atoms with van der Waals surface area (Å²) in [5, 5.41) is 3.28. The Morgan fingerprint density at radius 2 is 1.88 bits per heavy atom. The van der Waals surface area contributed by atoms with Gasteiger partial charge in [0.05, 0.1) is 6.10 Å². The number of hydrogen-bond acceptors (Lipinski definition) is 4. The van der Waals surface area contributed by atoms with E-state index in [0.717, 1.165) is 25.9 Å². The third-order valence-corrected chi connectivity index (χ3v) is 3.07. The van der Waals surface area contributed by atoms with Crippen LogP contribution in [0.1, 0.15) is 19.3 Å². The van der Waals surface area contributed by atoms with Crippen LogP contribution in [0.25, 0.3) is 0 Å². The normalized spacial score (nSPS) is 21.5. The van der Waals surface area contributed by atoms with E-state index >= 15 is 0 Å². The number of nitrogens with zero attached hydrogens (tertiary/aromatic N) is 1. The molecule has 94 valence electrons. The third kappa shape index (κ3) is 3.38. The minimum atomic E-state index is -0.211. The van der Waals surface area contributed by atoms with Crippen LogP contribution >= 0.6 is 0 Å². The number of piperidine rings is 1. The van der Waals surface area contributed by atoms with Gasteiger partial charge < -0.3 is 10.1 Å². The van der Waals surface area contributed by atoms with Crippen molar-refractivity contribution >= 4 is 11.8 Å². The van der Waals surface area contributed by atoms with Crippen LogP contribution in [0.4, 0.5) is 0 Å². The van der Waals surface area contributed by atoms with Gasteiger partial charge in [-0.25, -0.2) is 0 Å². The molecule has 0 spiro atoms. The second kappa shape index (κ2) is 5.93. The number of rotatable bonds is 5. The van der Waals surface area contributed by atoms with Gasteiger partial charge >= 0.3 is 0 Å². The van der Waals surface area contributed by atoms with Gasteiger partial charge in [-0.3, -0.25) is 14.5 Å². The fourth-order valence-corrected chi connectivity index (χ4v) is 2.09. The Morgan fingerprint density at radius 1 is 1.24 bits per heavy atom. The Morgan fingerprint density at radius 3 is 2.53 bits per heavy atom. The van der Waals surface area contributed by atoms with E-state index in [9.17, 15) is 9.59 Å². The van der Waals surface area contributed by atoms with Crippen molar-refractivity contribution in [3.63, 3.8) is 0 Å². The van der Waals surface area contributed by atoms with E-state index in [1.165, 1.54) is 17.1 Å². The highest BCUT2D eigenvalue weighted by atomic mass is 16.5. The van der Waals surface area contributed by atoms with Crippen molar-refractivity contribution in [2.75, 3.05) is 26.2 Å². The standard InChI is InChI=1S/C12H18N2O3/c15-11-2-3-12(16)14(11)8-1-9-17-10-4-6-13-7-5-10/h2-3,10,13H,1,4-9H2. The van der Waals surface area contributed by atoms with E-state index in [4.69, 9.17) is 4.74 Å². The summed E-state index contributed by atoms with van der Waals surface area (Å²) in [6.07, 6.45) is 5.76. The predicted octanol–water partition coefficient (Wildman–Crippen LogP) is 0.0701. The molecule has 1 fully saturated rings. The molecule has 2 heterocycles. The van der Waals surface area contributed by atoms with Crippen LogP contribution in [-0.4, -0.2) is 49.1 Å². The van der Waals surface area contributed by atoms with Crippen molar-refractivity contribution in [2.45, 2.75) is 25.4 Å². The summed E-state index contributed by atoms with van der Waals surface area (Å²) in [5.41, 5.74) is 0. The van der Waals surface area contributed by atoms with Crippen molar-refractivity contribution in [3.05, 3.63) is 12.2 Å². The van der Waals surface area contributed by atoms with Crippen LogP contribution < -0.4 is 5.32 Å². The van der Waals surface area contributed by atoms with Crippen LogP contribution in [0.3, 0.4) is 0 Å². The lowest BCUT2D eigenvalue weighted by Gasteiger charge is -2.23. The van der Waals surface area contributed by atoms with E-state index in [-0.39, 0.29) is 11.8 Å². The molecule has 5 heteroatoms. The maximum Gasteiger partial charge on any atom is 0.253 e. The van der Waals surface area contributed by atoms with Crippen molar-refractivity contribution in [2.24, 2.45) is 0 Å². The molecule has 5 nitrogen and oxygen atoms in total. The molecule has 0 saturated carbocycles. The van der Waals surface area contributed by atoms with Crippen molar-refractivity contribution in [1.82, 2.24) is 10.2 Å². The molecule has 0 radical (unpaired) electrons. The molecule has 0 aliphatic carbocycles. The molecule has 0 aromatic carbocycles. The summed E-state index contributed by atoms with van der Waals surface area (Å²) in [4.78, 5) is 23.8. The molecule has 0 aromatic heterocycles. The predicted molar refractivity (Wildman–Crippen MR) is 62.3 cm³/mol. The Labute approximate surface area is 101 Å². The highest BCUT2D eigenvalue weighted by molar-refractivity contribution is 6.12. The molecule has 1 saturated heterocycles. The van der Waals surface area contributed by atoms with Crippen LogP contribution in [0.5, 0.6) is 0 Å². The van der Waals surface area contributed by atoms with Gasteiger partial charge in [0.1, 0.15) is 0 Å². The monoisotopic (exact) mass is 238 g/mol. The molecule has 2 aliphatic rings. The van der Waals surface area contributed by atoms with Crippen LogP contribution in [0.15, 0.2) is 12.2 Å². The Hall–Kier alpha value is -1.20. The lowest BCUT2D eigenvalue weighted by atomic mass is 10.1. The molecule has 0 unspecified atom stereocenters. The van der Waals surface area contributed by atoms with Gasteiger partial charge in [-0.05, 0) is 32.4 Å². The van der Waals surface area contributed by atoms with Crippen LogP contribution in [-0.2, 0) is 14.3 Å². The van der Waals surface area contributed by atoms with E-state index in [0.29, 0.717) is 25.7 Å². The molecule has 2 amide bonds. The summed E-state index contributed by atoms with van der Waals surface area (Å²) in [6.45, 7) is 3.09. The Kier molecular flexibility index (Phi) is 4.28. The molecular formula is C12H18N2O3. The topological polar surface area (TPSA) is 58.6 Å². The van der Waals surface area contributed by atoms with E-state index in [1.807, 2.05) is 0 Å². The zero-order chi connectivity index (χ0) is 12.1. The highest BCUT2D eigenvalue weighted by Crippen LogP contribution is 2.09. The summed E-state index contributed by atoms with van der Waals surface area (Å²) in [5.74, 6) is -0.422. The van der Waals surface area contributed by atoms with Gasteiger partial charge in [0.25, 0.3) is 11.8 Å². The number of ether oxygens (including phenoxy) is 1. The van der Waals surface area contributed by atoms with Gasteiger partial charge in [-0.2, -0.15) is 0 Å². The van der Waals surface area contributed by atoms with E-state index in [2.05, 4.69) is 5.32 Å². The molecule has 1 N–H and O–H groups in total. The molecule has 2 aliphatic heterocycles. The average molecular weight is 238 g/mol. The number of carbonyl (C=O) groups excluding carboxylic acids is 2. The minimum Gasteiger partial charge on any atom is -0.378 e. The Bertz CT molecular complexity index is 304. The largest absolute Gasteiger partial charge is 0.378 e. The first kappa shape index (κ1) is 12.3.